The van der Waals surface area contributed by atoms with Crippen molar-refractivity contribution in [1.29, 1.82) is 0 Å². The van der Waals surface area contributed by atoms with E-state index < -0.39 is 20.0 Å². The molecular formula is C20H32NO4P. The fourth-order valence-corrected chi connectivity index (χ4v) is 3.26. The molecule has 0 amide bonds. The molecule has 6 heteroatoms. The zero-order valence-corrected chi connectivity index (χ0v) is 17.2. The molecule has 3 unspecified atom stereocenters. The van der Waals surface area contributed by atoms with Gasteiger partial charge in [0, 0.05) is 0 Å². The molecule has 0 saturated heterocycles. The van der Waals surface area contributed by atoms with Gasteiger partial charge in [-0.2, -0.15) is 4.52 Å². The van der Waals surface area contributed by atoms with Crippen LogP contribution in [0.3, 0.4) is 0 Å². The maximum Gasteiger partial charge on any atom is 0.331 e. The van der Waals surface area contributed by atoms with Gasteiger partial charge < -0.3 is 9.63 Å². The molecule has 26 heavy (non-hydrogen) atoms. The lowest BCUT2D eigenvalue weighted by molar-refractivity contribution is -0.175. The maximum absolute atomic E-state index is 12.4. The van der Waals surface area contributed by atoms with Crippen molar-refractivity contribution in [2.75, 3.05) is 6.54 Å². The van der Waals surface area contributed by atoms with Gasteiger partial charge in [0.15, 0.2) is 6.04 Å². The monoisotopic (exact) mass is 381 g/mol. The highest BCUT2D eigenvalue weighted by Gasteiger charge is 2.22. The summed E-state index contributed by atoms with van der Waals surface area (Å²) < 4.78 is 10.9. The fraction of sp³-hybridized carbons (Fsp3) is 0.600. The number of benzene rings is 1. The number of esters is 1. The molecule has 0 saturated carbocycles. The zero-order valence-electron chi connectivity index (χ0n) is 16.3. The predicted octanol–water partition coefficient (Wildman–Crippen LogP) is 3.41. The van der Waals surface area contributed by atoms with Crippen LogP contribution in [0.5, 0.6) is 0 Å². The maximum atomic E-state index is 12.4. The van der Waals surface area contributed by atoms with Crippen LogP contribution in [0.1, 0.15) is 52.5 Å². The summed E-state index contributed by atoms with van der Waals surface area (Å²) in [4.78, 5) is 24.7. The van der Waals surface area contributed by atoms with E-state index in [4.69, 9.17) is 9.26 Å². The van der Waals surface area contributed by atoms with Crippen LogP contribution in [0.4, 0.5) is 0 Å². The van der Waals surface area contributed by atoms with E-state index in [1.54, 1.807) is 0 Å². The SMILES string of the molecule is CCCCC(C)O/[P+]([O-])=C/C(NCC(C)C)C(=O)OCc1ccccc1. The molecule has 1 rings (SSSR count). The first kappa shape index (κ1) is 22.8. The van der Waals surface area contributed by atoms with Crippen LogP contribution in [-0.4, -0.2) is 30.5 Å². The number of nitrogens with one attached hydrogen (secondary N) is 1. The van der Waals surface area contributed by atoms with Crippen molar-refractivity contribution < 1.29 is 18.9 Å². The minimum Gasteiger partial charge on any atom is -0.603 e. The van der Waals surface area contributed by atoms with Crippen molar-refractivity contribution in [3.05, 3.63) is 35.9 Å². The summed E-state index contributed by atoms with van der Waals surface area (Å²) in [6, 6.07) is 8.74. The van der Waals surface area contributed by atoms with Crippen molar-refractivity contribution in [1.82, 2.24) is 5.32 Å². The van der Waals surface area contributed by atoms with Gasteiger partial charge in [-0.05, 0) is 31.4 Å². The number of rotatable bonds is 12. The standard InChI is InChI=1S/C20H32NO4P/c1-5-6-10-17(4)25-26(23)15-19(21-13-16(2)3)20(22)24-14-18-11-8-7-9-12-18/h7-9,11-12,15-17,19,21H,5-6,10,13-14H2,1-4H3. The topological polar surface area (TPSA) is 70.6 Å². The van der Waals surface area contributed by atoms with Crippen LogP contribution in [-0.2, 0) is 20.7 Å². The van der Waals surface area contributed by atoms with Crippen molar-refractivity contribution in [2.45, 2.75) is 65.7 Å². The Bertz CT molecular complexity index is 548. The number of ether oxygens (including phenoxy) is 1. The molecule has 0 aromatic heterocycles. The van der Waals surface area contributed by atoms with Gasteiger partial charge in [0.05, 0.1) is 0 Å². The minimum atomic E-state index is -2.04. The van der Waals surface area contributed by atoms with E-state index in [2.05, 4.69) is 12.2 Å². The van der Waals surface area contributed by atoms with Crippen molar-refractivity contribution >= 4 is 19.8 Å². The molecule has 5 nitrogen and oxygen atoms in total. The fourth-order valence-electron chi connectivity index (χ4n) is 2.26. The van der Waals surface area contributed by atoms with E-state index >= 15 is 0 Å². The average molecular weight is 381 g/mol. The summed E-state index contributed by atoms with van der Waals surface area (Å²) in [7, 11) is -2.04. The molecule has 0 heterocycles. The van der Waals surface area contributed by atoms with Gasteiger partial charge in [0.1, 0.15) is 18.5 Å². The molecule has 3 atom stereocenters. The van der Waals surface area contributed by atoms with Crippen LogP contribution in [0, 0.1) is 5.92 Å². The number of hydrogen-bond acceptors (Lipinski definition) is 5. The normalized spacial score (nSPS) is 14.3. The summed E-state index contributed by atoms with van der Waals surface area (Å²) in [6.45, 7) is 8.91. The Morgan fingerprint density at radius 3 is 2.58 bits per heavy atom. The number of hydrogen-bond donors (Lipinski definition) is 1. The first-order valence-corrected chi connectivity index (χ1v) is 10.6. The molecule has 0 radical (unpaired) electrons. The summed E-state index contributed by atoms with van der Waals surface area (Å²) in [5, 5.41) is 3.11. The second-order valence-electron chi connectivity index (χ2n) is 6.87. The summed E-state index contributed by atoms with van der Waals surface area (Å²) >= 11 is 0. The molecule has 1 aromatic carbocycles. The van der Waals surface area contributed by atoms with Crippen LogP contribution in [0.2, 0.25) is 0 Å². The van der Waals surface area contributed by atoms with Crippen LogP contribution in [0.15, 0.2) is 30.3 Å². The Labute approximate surface area is 158 Å². The Hall–Kier alpha value is -1.26. The molecule has 0 fully saturated rings. The van der Waals surface area contributed by atoms with Gasteiger partial charge in [-0.25, -0.2) is 4.79 Å². The van der Waals surface area contributed by atoms with Crippen LogP contribution >= 0.6 is 8.00 Å². The molecule has 0 aliphatic rings. The van der Waals surface area contributed by atoms with E-state index in [1.807, 2.05) is 51.1 Å². The highest BCUT2D eigenvalue weighted by molar-refractivity contribution is 7.45. The lowest BCUT2D eigenvalue weighted by Crippen LogP contribution is -2.41. The second kappa shape index (κ2) is 13.0. The molecule has 1 N–H and O–H groups in total. The number of carbonyl (C=O) groups is 1. The smallest absolute Gasteiger partial charge is 0.331 e. The van der Waals surface area contributed by atoms with E-state index in [-0.39, 0.29) is 12.7 Å². The average Bonchev–Trinajstić information content (AvgIpc) is 2.62. The van der Waals surface area contributed by atoms with Gasteiger partial charge in [-0.1, -0.05) is 63.9 Å². The van der Waals surface area contributed by atoms with Crippen LogP contribution in [0.25, 0.3) is 0 Å². The van der Waals surface area contributed by atoms with Gasteiger partial charge in [-0.15, -0.1) is 0 Å². The quantitative estimate of drug-likeness (QED) is 0.444. The molecule has 0 spiro atoms. The molecule has 0 aliphatic carbocycles. The molecule has 0 bridgehead atoms. The van der Waals surface area contributed by atoms with E-state index in [1.165, 1.54) is 5.80 Å². The highest BCUT2D eigenvalue weighted by Crippen LogP contribution is 2.19. The summed E-state index contributed by atoms with van der Waals surface area (Å²) in [5.74, 6) is 1.34. The minimum absolute atomic E-state index is 0.0964. The Balaban J connectivity index is 2.66. The van der Waals surface area contributed by atoms with Gasteiger partial charge in [-0.3, -0.25) is 5.32 Å². The van der Waals surface area contributed by atoms with Crippen molar-refractivity contribution in [2.24, 2.45) is 5.92 Å². The zero-order chi connectivity index (χ0) is 19.4. The first-order chi connectivity index (χ1) is 12.4. The Morgan fingerprint density at radius 1 is 1.27 bits per heavy atom. The first-order valence-electron chi connectivity index (χ1n) is 9.34. The third-order valence-electron chi connectivity index (χ3n) is 3.74. The van der Waals surface area contributed by atoms with Crippen molar-refractivity contribution in [3.63, 3.8) is 0 Å². The number of unbranched alkanes of at least 4 members (excludes halogenated alkanes) is 1. The largest absolute Gasteiger partial charge is 0.603 e. The van der Waals surface area contributed by atoms with E-state index in [0.29, 0.717) is 12.5 Å². The third-order valence-corrected chi connectivity index (χ3v) is 4.85. The van der Waals surface area contributed by atoms with E-state index in [9.17, 15) is 9.69 Å². The lowest BCUT2D eigenvalue weighted by atomic mass is 10.2. The summed E-state index contributed by atoms with van der Waals surface area (Å²) in [6.07, 6.45) is 2.85. The molecule has 0 aliphatic heterocycles. The lowest BCUT2D eigenvalue weighted by Gasteiger charge is -2.15. The second-order valence-corrected chi connectivity index (χ2v) is 7.95. The van der Waals surface area contributed by atoms with Gasteiger partial charge in [0.25, 0.3) is 0 Å². The van der Waals surface area contributed by atoms with Gasteiger partial charge >= 0.3 is 5.97 Å². The molecular weight excluding hydrogens is 349 g/mol. The predicted molar refractivity (Wildman–Crippen MR) is 106 cm³/mol. The summed E-state index contributed by atoms with van der Waals surface area (Å²) in [5.41, 5.74) is 0.914. The Morgan fingerprint density at radius 2 is 1.96 bits per heavy atom. The molecule has 1 aromatic rings. The number of carbonyl (C=O) groups excluding carboxylic acids is 1. The highest BCUT2D eigenvalue weighted by atomic mass is 31.1. The van der Waals surface area contributed by atoms with Crippen molar-refractivity contribution in [3.8, 4) is 0 Å². The van der Waals surface area contributed by atoms with E-state index in [0.717, 1.165) is 24.8 Å². The van der Waals surface area contributed by atoms with Gasteiger partial charge in [0.2, 0.25) is 8.00 Å². The van der Waals surface area contributed by atoms with Crippen LogP contribution < -0.4 is 10.2 Å². The molecule has 146 valence electrons. The Kier molecular flexibility index (Phi) is 11.4. The third kappa shape index (κ3) is 10.0.